The first-order valence-electron chi connectivity index (χ1n) is 13.7. The summed E-state index contributed by atoms with van der Waals surface area (Å²) in [4.78, 5) is 37.4. The van der Waals surface area contributed by atoms with E-state index in [2.05, 4.69) is 10.6 Å². The van der Waals surface area contributed by atoms with Gasteiger partial charge in [0.2, 0.25) is 0 Å². The van der Waals surface area contributed by atoms with Crippen LogP contribution in [0.5, 0.6) is 0 Å². The van der Waals surface area contributed by atoms with Crippen molar-refractivity contribution in [3.8, 4) is 0 Å². The average Bonchev–Trinajstić information content (AvgIpc) is 3.39. The summed E-state index contributed by atoms with van der Waals surface area (Å²) in [7, 11) is 0. The number of nitrogens with one attached hydrogen (secondary N) is 2. The number of ether oxygens (including phenoxy) is 2. The molecular weight excluding hydrogens is 678 g/mol. The second-order valence-electron chi connectivity index (χ2n) is 9.73. The van der Waals surface area contributed by atoms with E-state index in [0.717, 1.165) is 0 Å². The van der Waals surface area contributed by atoms with Gasteiger partial charge in [0.1, 0.15) is 0 Å². The second kappa shape index (κ2) is 15.2. The molecule has 5 aromatic rings. The maximum atomic E-state index is 12.8. The number of carbonyl (C=O) groups excluding carboxylic acids is 2. The van der Waals surface area contributed by atoms with E-state index >= 15 is 0 Å². The summed E-state index contributed by atoms with van der Waals surface area (Å²) in [6, 6.07) is 24.3. The van der Waals surface area contributed by atoms with Crippen molar-refractivity contribution < 1.29 is 27.9 Å². The SMILES string of the molecule is O=C(Cc1ccccc1Nc1c(Cl)cccc1Cl)OCc1oc(=O)oc1COC(=O)Cc1ccccc1Nc1c(Cl)cccc1Cl. The molecule has 0 atom stereocenters. The Balaban J connectivity index is 1.18. The van der Waals surface area contributed by atoms with Gasteiger partial charge in [-0.25, -0.2) is 4.79 Å². The monoisotopic (exact) mass is 700 g/mol. The van der Waals surface area contributed by atoms with Crippen LogP contribution >= 0.6 is 46.4 Å². The zero-order chi connectivity index (χ0) is 32.6. The molecule has 1 aromatic heterocycles. The molecule has 0 aliphatic heterocycles. The number of anilines is 4. The van der Waals surface area contributed by atoms with Crippen LogP contribution in [0.25, 0.3) is 0 Å². The van der Waals surface area contributed by atoms with Crippen molar-refractivity contribution in [2.45, 2.75) is 26.1 Å². The Morgan fingerprint density at radius 2 is 0.935 bits per heavy atom. The Morgan fingerprint density at radius 1 is 0.565 bits per heavy atom. The first kappa shape index (κ1) is 33.0. The highest BCUT2D eigenvalue weighted by molar-refractivity contribution is 6.39. The number of hydrogen-bond donors (Lipinski definition) is 2. The van der Waals surface area contributed by atoms with Crippen LogP contribution in [-0.4, -0.2) is 11.9 Å². The number of hydrogen-bond acceptors (Lipinski definition) is 9. The maximum Gasteiger partial charge on any atom is 0.519 e. The van der Waals surface area contributed by atoms with Crippen LogP contribution < -0.4 is 16.5 Å². The number of esters is 2. The van der Waals surface area contributed by atoms with Crippen LogP contribution in [0, 0.1) is 0 Å². The van der Waals surface area contributed by atoms with Crippen LogP contribution in [-0.2, 0) is 45.1 Å². The summed E-state index contributed by atoms with van der Waals surface area (Å²) >= 11 is 25.1. The van der Waals surface area contributed by atoms with Gasteiger partial charge in [-0.15, -0.1) is 0 Å². The van der Waals surface area contributed by atoms with Crippen molar-refractivity contribution in [3.05, 3.63) is 138 Å². The highest BCUT2D eigenvalue weighted by Gasteiger charge is 2.19. The fourth-order valence-corrected chi connectivity index (χ4v) is 5.34. The van der Waals surface area contributed by atoms with Crippen LogP contribution in [0.15, 0.2) is 98.6 Å². The molecule has 0 aliphatic rings. The Labute approximate surface area is 282 Å². The van der Waals surface area contributed by atoms with E-state index in [0.29, 0.717) is 54.0 Å². The molecule has 0 aliphatic carbocycles. The summed E-state index contributed by atoms with van der Waals surface area (Å²) in [5.41, 5.74) is 3.41. The van der Waals surface area contributed by atoms with E-state index in [9.17, 15) is 14.4 Å². The molecule has 13 heteroatoms. The largest absolute Gasteiger partial charge is 0.519 e. The summed E-state index contributed by atoms with van der Waals surface area (Å²) < 4.78 is 20.8. The molecule has 0 fully saturated rings. The zero-order valence-electron chi connectivity index (χ0n) is 23.8. The van der Waals surface area contributed by atoms with E-state index in [1.807, 2.05) is 0 Å². The van der Waals surface area contributed by atoms with Gasteiger partial charge in [0.25, 0.3) is 0 Å². The summed E-state index contributed by atoms with van der Waals surface area (Å²) in [5.74, 6) is -2.44. The van der Waals surface area contributed by atoms with Gasteiger partial charge < -0.3 is 28.9 Å². The van der Waals surface area contributed by atoms with E-state index in [-0.39, 0.29) is 24.4 Å². The van der Waals surface area contributed by atoms with Crippen molar-refractivity contribution in [3.63, 3.8) is 0 Å². The van der Waals surface area contributed by atoms with Gasteiger partial charge in [0.05, 0.1) is 44.3 Å². The average molecular weight is 702 g/mol. The Hall–Kier alpha value is -4.41. The van der Waals surface area contributed by atoms with E-state index in [4.69, 9.17) is 64.7 Å². The lowest BCUT2D eigenvalue weighted by Crippen LogP contribution is -2.12. The number of carbonyl (C=O) groups is 2. The third kappa shape index (κ3) is 8.44. The predicted molar refractivity (Wildman–Crippen MR) is 177 cm³/mol. The normalized spacial score (nSPS) is 10.8. The third-order valence-corrected chi connectivity index (χ3v) is 7.86. The predicted octanol–water partition coefficient (Wildman–Crippen LogP) is 8.91. The molecule has 0 amide bonds. The van der Waals surface area contributed by atoms with Gasteiger partial charge in [-0.3, -0.25) is 9.59 Å². The third-order valence-electron chi connectivity index (χ3n) is 6.60. The molecular formula is C33H24Cl4N2O7. The fraction of sp³-hybridized carbons (Fsp3) is 0.121. The molecule has 5 rings (SSSR count). The minimum absolute atomic E-state index is 0.0872. The lowest BCUT2D eigenvalue weighted by atomic mass is 10.1. The smallest absolute Gasteiger partial charge is 0.457 e. The lowest BCUT2D eigenvalue weighted by Gasteiger charge is -2.14. The van der Waals surface area contributed by atoms with Gasteiger partial charge in [0.15, 0.2) is 24.7 Å². The van der Waals surface area contributed by atoms with Gasteiger partial charge in [-0.1, -0.05) is 94.9 Å². The Bertz CT molecular complexity index is 1760. The quantitative estimate of drug-likeness (QED) is 0.123. The molecule has 46 heavy (non-hydrogen) atoms. The Morgan fingerprint density at radius 3 is 1.33 bits per heavy atom. The van der Waals surface area contributed by atoms with Crippen LogP contribution in [0.1, 0.15) is 22.6 Å². The van der Waals surface area contributed by atoms with Crippen molar-refractivity contribution in [1.82, 2.24) is 0 Å². The second-order valence-corrected chi connectivity index (χ2v) is 11.4. The summed E-state index contributed by atoms with van der Waals surface area (Å²) in [5, 5.41) is 7.96. The van der Waals surface area contributed by atoms with E-state index in [1.165, 1.54) is 0 Å². The zero-order valence-corrected chi connectivity index (χ0v) is 26.8. The standard InChI is InChI=1S/C33H24Cl4N2O7/c34-21-9-5-10-22(35)31(21)38-25-13-3-1-7-19(25)15-29(40)43-17-27-28(46-33(42)45-27)18-44-30(41)16-20-8-2-4-14-26(20)39-32-23(36)11-6-12-24(32)37/h1-14,38-39H,15-18H2. The molecule has 0 saturated heterocycles. The highest BCUT2D eigenvalue weighted by Crippen LogP contribution is 2.35. The first-order chi connectivity index (χ1) is 22.2. The molecule has 0 spiro atoms. The molecule has 0 radical (unpaired) electrons. The summed E-state index contributed by atoms with van der Waals surface area (Å²) in [6.07, 6.45) is -0.241. The van der Waals surface area contributed by atoms with Gasteiger partial charge in [0, 0.05) is 11.4 Å². The number of para-hydroxylation sites is 4. The minimum Gasteiger partial charge on any atom is -0.457 e. The first-order valence-corrected chi connectivity index (χ1v) is 15.2. The van der Waals surface area contributed by atoms with Crippen LogP contribution in [0.2, 0.25) is 20.1 Å². The highest BCUT2D eigenvalue weighted by atomic mass is 35.5. The molecule has 0 unspecified atom stereocenters. The van der Waals surface area contributed by atoms with Crippen LogP contribution in [0.3, 0.4) is 0 Å². The van der Waals surface area contributed by atoms with E-state index < -0.39 is 31.0 Å². The van der Waals surface area contributed by atoms with Crippen molar-refractivity contribution >= 4 is 81.1 Å². The number of halogens is 4. The van der Waals surface area contributed by atoms with Gasteiger partial charge in [-0.2, -0.15) is 0 Å². The number of benzene rings is 4. The molecule has 236 valence electrons. The molecule has 4 aromatic carbocycles. The molecule has 1 heterocycles. The van der Waals surface area contributed by atoms with E-state index in [1.54, 1.807) is 84.9 Å². The fourth-order valence-electron chi connectivity index (χ4n) is 4.36. The topological polar surface area (TPSA) is 120 Å². The molecule has 0 bridgehead atoms. The minimum atomic E-state index is -1.03. The van der Waals surface area contributed by atoms with Crippen LogP contribution in [0.4, 0.5) is 22.7 Å². The lowest BCUT2D eigenvalue weighted by molar-refractivity contribution is -0.146. The molecule has 2 N–H and O–H groups in total. The molecule has 9 nitrogen and oxygen atoms in total. The van der Waals surface area contributed by atoms with Gasteiger partial charge >= 0.3 is 17.8 Å². The van der Waals surface area contributed by atoms with Crippen molar-refractivity contribution in [2.75, 3.05) is 10.6 Å². The molecule has 0 saturated carbocycles. The Kier molecular flexibility index (Phi) is 10.9. The van der Waals surface area contributed by atoms with Crippen molar-refractivity contribution in [2.24, 2.45) is 0 Å². The summed E-state index contributed by atoms with van der Waals surface area (Å²) in [6.45, 7) is -0.844. The number of rotatable bonds is 12. The van der Waals surface area contributed by atoms with Crippen molar-refractivity contribution in [1.29, 1.82) is 0 Å². The maximum absolute atomic E-state index is 12.8. The van der Waals surface area contributed by atoms with Gasteiger partial charge in [-0.05, 0) is 47.5 Å².